The normalized spacial score (nSPS) is 12.9. The van der Waals surface area contributed by atoms with Gasteiger partial charge in [0.2, 0.25) is 0 Å². The van der Waals surface area contributed by atoms with E-state index in [4.69, 9.17) is 35.4 Å². The van der Waals surface area contributed by atoms with Crippen molar-refractivity contribution in [3.8, 4) is 0 Å². The molecule has 0 N–H and O–H groups in total. The van der Waals surface area contributed by atoms with Crippen LogP contribution in [0.4, 0.5) is 0 Å². The summed E-state index contributed by atoms with van der Waals surface area (Å²) in [4.78, 5) is 41.1. The van der Waals surface area contributed by atoms with Crippen molar-refractivity contribution in [2.45, 2.75) is 123 Å². The van der Waals surface area contributed by atoms with Crippen molar-refractivity contribution in [3.63, 3.8) is 0 Å². The lowest BCUT2D eigenvalue weighted by atomic mass is 9.94. The van der Waals surface area contributed by atoms with Crippen molar-refractivity contribution in [2.75, 3.05) is 6.61 Å². The number of rotatable bonds is 24. The average Bonchev–Trinajstić information content (AvgIpc) is 3.09. The monoisotopic (exact) mass is 872 g/mol. The van der Waals surface area contributed by atoms with Crippen LogP contribution in [0.2, 0.25) is 78.1 Å². The fourth-order valence-electron chi connectivity index (χ4n) is 6.73. The molecule has 0 amide bonds. The van der Waals surface area contributed by atoms with Gasteiger partial charge in [-0.15, -0.1) is 0 Å². The number of benzene rings is 3. The first-order valence-electron chi connectivity index (χ1n) is 19.5. The fourth-order valence-corrected chi connectivity index (χ4v) is 30.5. The molecule has 0 aliphatic carbocycles. The molecule has 0 radical (unpaired) electrons. The van der Waals surface area contributed by atoms with Gasteiger partial charge >= 0.3 is 43.6 Å². The largest absolute Gasteiger partial charge is 0.461 e. The molecule has 3 aromatic rings. The van der Waals surface area contributed by atoms with Crippen molar-refractivity contribution in [1.82, 2.24) is 0 Å². The molecule has 0 fully saturated rings. The number of hydrogen-bond acceptors (Lipinski definition) is 11. The van der Waals surface area contributed by atoms with Crippen LogP contribution in [-0.2, 0) is 69.6 Å². The molecule has 3 rings (SSSR count). The Labute approximate surface area is 345 Å². The number of carbonyl (C=O) groups is 3. The maximum Gasteiger partial charge on any atom is 0.339 e. The van der Waals surface area contributed by atoms with Crippen molar-refractivity contribution >= 4 is 60.2 Å². The van der Waals surface area contributed by atoms with Crippen LogP contribution in [0, 0.1) is 0 Å². The second-order valence-corrected chi connectivity index (χ2v) is 37.0. The highest BCUT2D eigenvalue weighted by molar-refractivity contribution is 6.90. The predicted molar refractivity (Wildman–Crippen MR) is 234 cm³/mol. The van der Waals surface area contributed by atoms with Gasteiger partial charge in [0.05, 0.1) is 12.8 Å². The lowest BCUT2D eigenvalue weighted by Crippen LogP contribution is -2.58. The van der Waals surface area contributed by atoms with Gasteiger partial charge in [-0.3, -0.25) is 9.59 Å². The van der Waals surface area contributed by atoms with Crippen LogP contribution in [0.3, 0.4) is 0 Å². The van der Waals surface area contributed by atoms with Gasteiger partial charge in [0.25, 0.3) is 0 Å². The zero-order valence-corrected chi connectivity index (χ0v) is 40.8. The molecule has 0 heterocycles. The molecule has 3 aromatic carbocycles. The third kappa shape index (κ3) is 19.0. The molecule has 0 atom stereocenters. The van der Waals surface area contributed by atoms with Crippen LogP contribution < -0.4 is 0 Å². The molecule has 0 aromatic heterocycles. The SMILES string of the molecule is C[Si](C)(C)O[Si](C)(C)O[Si](C)(C)O[Si](C)(C)O[Si](C)(C)CCCOC(CC(=O)OCc1ccccc1)(CC(=O)OCc1ccccc1)C(=O)OCc1ccccc1. The summed E-state index contributed by atoms with van der Waals surface area (Å²) in [5.41, 5.74) is 0.277. The van der Waals surface area contributed by atoms with Gasteiger partial charge in [0, 0.05) is 6.61 Å². The highest BCUT2D eigenvalue weighted by atomic mass is 28.5. The summed E-state index contributed by atoms with van der Waals surface area (Å²) in [6, 6.07) is 28.2. The maximum absolute atomic E-state index is 14.1. The van der Waals surface area contributed by atoms with Crippen LogP contribution in [0.1, 0.15) is 36.0 Å². The predicted octanol–water partition coefficient (Wildman–Crippen LogP) is 9.35. The lowest BCUT2D eigenvalue weighted by molar-refractivity contribution is -0.187. The first-order valence-corrected chi connectivity index (χ1v) is 34.5. The van der Waals surface area contributed by atoms with E-state index in [0.717, 1.165) is 16.7 Å². The zero-order valence-electron chi connectivity index (χ0n) is 35.8. The summed E-state index contributed by atoms with van der Waals surface area (Å²) in [6.45, 7) is 23.0. The molecule has 314 valence electrons. The summed E-state index contributed by atoms with van der Waals surface area (Å²) in [5.74, 6) is -2.29. The molecular formula is C41H64O11Si5. The van der Waals surface area contributed by atoms with Gasteiger partial charge < -0.3 is 35.4 Å². The number of hydrogen-bond donors (Lipinski definition) is 0. The molecule has 0 unspecified atom stereocenters. The Morgan fingerprint density at radius 1 is 0.491 bits per heavy atom. The molecule has 11 nitrogen and oxygen atoms in total. The van der Waals surface area contributed by atoms with Gasteiger partial charge in [-0.05, 0) is 101 Å². The van der Waals surface area contributed by atoms with Crippen LogP contribution in [0.25, 0.3) is 0 Å². The van der Waals surface area contributed by atoms with Crippen molar-refractivity contribution in [2.24, 2.45) is 0 Å². The Hall–Kier alpha value is -3.05. The third-order valence-electron chi connectivity index (χ3n) is 8.29. The minimum atomic E-state index is -2.67. The summed E-state index contributed by atoms with van der Waals surface area (Å²) < 4.78 is 49.9. The molecule has 0 spiro atoms. The van der Waals surface area contributed by atoms with E-state index in [1.165, 1.54) is 0 Å². The second-order valence-electron chi connectivity index (χ2n) is 17.1. The minimum absolute atomic E-state index is 0.0120. The van der Waals surface area contributed by atoms with E-state index in [2.05, 4.69) is 45.8 Å². The van der Waals surface area contributed by atoms with E-state index in [9.17, 15) is 14.4 Å². The molecule has 0 aliphatic rings. The zero-order chi connectivity index (χ0) is 42.4. The Kier molecular flexibility index (Phi) is 18.0. The number of carbonyl (C=O) groups excluding carboxylic acids is 3. The molecule has 0 aliphatic heterocycles. The van der Waals surface area contributed by atoms with Gasteiger partial charge in [0.15, 0.2) is 22.2 Å². The van der Waals surface area contributed by atoms with Gasteiger partial charge in [-0.1, -0.05) is 91.0 Å². The van der Waals surface area contributed by atoms with Crippen molar-refractivity contribution < 1.29 is 49.8 Å². The van der Waals surface area contributed by atoms with Gasteiger partial charge in [0.1, 0.15) is 19.8 Å². The summed E-state index contributed by atoms with van der Waals surface area (Å²) in [6.07, 6.45) is -0.629. The molecule has 16 heteroatoms. The minimum Gasteiger partial charge on any atom is -0.461 e. The fraction of sp³-hybridized carbons (Fsp3) is 0.488. The molecule has 0 saturated heterocycles. The smallest absolute Gasteiger partial charge is 0.339 e. The van der Waals surface area contributed by atoms with Crippen LogP contribution in [0.5, 0.6) is 0 Å². The van der Waals surface area contributed by atoms with Crippen molar-refractivity contribution in [3.05, 3.63) is 108 Å². The van der Waals surface area contributed by atoms with Gasteiger partial charge in [-0.2, -0.15) is 0 Å². The third-order valence-corrected chi connectivity index (χ3v) is 26.3. The first-order chi connectivity index (χ1) is 26.5. The van der Waals surface area contributed by atoms with Crippen LogP contribution >= 0.6 is 0 Å². The van der Waals surface area contributed by atoms with Crippen molar-refractivity contribution in [1.29, 1.82) is 0 Å². The van der Waals surface area contributed by atoms with E-state index in [0.29, 0.717) is 12.5 Å². The topological polar surface area (TPSA) is 125 Å². The van der Waals surface area contributed by atoms with Gasteiger partial charge in [-0.25, -0.2) is 4.79 Å². The van der Waals surface area contributed by atoms with E-state index >= 15 is 0 Å². The molecule has 57 heavy (non-hydrogen) atoms. The number of esters is 3. The Morgan fingerprint density at radius 3 is 1.26 bits per heavy atom. The summed E-state index contributed by atoms with van der Waals surface area (Å²) in [7, 11) is -11.9. The van der Waals surface area contributed by atoms with E-state index < -0.39 is 78.7 Å². The summed E-state index contributed by atoms with van der Waals surface area (Å²) in [5, 5.41) is 0. The Morgan fingerprint density at radius 2 is 0.860 bits per heavy atom. The Bertz CT molecular complexity index is 1640. The van der Waals surface area contributed by atoms with E-state index in [1.54, 1.807) is 0 Å². The van der Waals surface area contributed by atoms with E-state index in [1.807, 2.05) is 117 Å². The molecule has 0 saturated carbocycles. The lowest BCUT2D eigenvalue weighted by Gasteiger charge is -2.42. The Balaban J connectivity index is 1.78. The van der Waals surface area contributed by atoms with E-state index in [-0.39, 0.29) is 26.4 Å². The highest BCUT2D eigenvalue weighted by Crippen LogP contribution is 2.30. The van der Waals surface area contributed by atoms with Crippen LogP contribution in [-0.4, -0.2) is 72.4 Å². The standard InChI is InChI=1S/C41H64O11Si5/c1-53(2,3)49-55(6,7)51-57(10,11)52-56(8,9)50-54(4,5)29-21-28-48-41(40(44)47-34-37-26-19-14-20-27-37,30-38(42)45-32-35-22-15-12-16-23-35)31-39(43)46-33-36-24-17-13-18-25-36/h12-20,22-27H,21,28-34H2,1-11H3. The first kappa shape index (κ1) is 48.3. The number of ether oxygens (including phenoxy) is 4. The summed E-state index contributed by atoms with van der Waals surface area (Å²) >= 11 is 0. The average molecular weight is 873 g/mol. The maximum atomic E-state index is 14.1. The second kappa shape index (κ2) is 21.3. The molecular weight excluding hydrogens is 809 g/mol. The molecule has 0 bridgehead atoms. The van der Waals surface area contributed by atoms with Crippen LogP contribution in [0.15, 0.2) is 91.0 Å². The highest BCUT2D eigenvalue weighted by Gasteiger charge is 2.48. The quantitative estimate of drug-likeness (QED) is 0.0370.